The van der Waals surface area contributed by atoms with Crippen molar-refractivity contribution in [3.63, 3.8) is 0 Å². The predicted molar refractivity (Wildman–Crippen MR) is 81.9 cm³/mol. The van der Waals surface area contributed by atoms with Crippen LogP contribution in [0.15, 0.2) is 0 Å². The molecule has 0 aliphatic rings. The third-order valence-corrected chi connectivity index (χ3v) is 3.49. The minimum absolute atomic E-state index is 0.480. The van der Waals surface area contributed by atoms with Gasteiger partial charge in [-0.15, -0.1) is 0 Å². The van der Waals surface area contributed by atoms with Crippen molar-refractivity contribution in [3.05, 3.63) is 0 Å². The fraction of sp³-hybridized carbons (Fsp3) is 0.867. The maximum atomic E-state index is 10.7. The third kappa shape index (κ3) is 23.2. The second kappa shape index (κ2) is 17.2. The number of unbranched alkanes of at least 4 members (excludes halogenated alkanes) is 8. The van der Waals surface area contributed by atoms with E-state index in [2.05, 4.69) is 6.92 Å². The van der Waals surface area contributed by atoms with Gasteiger partial charge >= 0.3 is 113 Å². The van der Waals surface area contributed by atoms with E-state index >= 15 is 0 Å². The molecule has 0 amide bonds. The van der Waals surface area contributed by atoms with E-state index < -0.39 is 12.1 Å². The number of carboxylic acid groups (broad SMARTS) is 1. The zero-order valence-corrected chi connectivity index (χ0v) is 15.4. The van der Waals surface area contributed by atoms with Gasteiger partial charge in [0.25, 0.3) is 0 Å². The summed E-state index contributed by atoms with van der Waals surface area (Å²) in [6, 6.07) is 0. The minimum atomic E-state index is -1.23. The van der Waals surface area contributed by atoms with Crippen LogP contribution in [0.4, 0.5) is 0 Å². The van der Waals surface area contributed by atoms with E-state index in [9.17, 15) is 9.59 Å². The van der Waals surface area contributed by atoms with Gasteiger partial charge in [-0.1, -0.05) is 0 Å². The number of carbonyl (C=O) groups excluding carboxylic acids is 1. The van der Waals surface area contributed by atoms with Crippen molar-refractivity contribution >= 4 is 36.9 Å². The first-order valence-electron chi connectivity index (χ1n) is 7.82. The molecule has 0 aromatic carbocycles. The SMILES string of the molecule is CC(O)C(=O)O.CCCCCCCCCCC[C](=O)[Na]. The molecule has 4 nitrogen and oxygen atoms in total. The summed E-state index contributed by atoms with van der Waals surface area (Å²) < 4.78 is 0.480. The molecule has 0 saturated carbocycles. The van der Waals surface area contributed by atoms with Gasteiger partial charge in [-0.2, -0.15) is 0 Å². The van der Waals surface area contributed by atoms with Gasteiger partial charge in [0.1, 0.15) is 6.10 Å². The Morgan fingerprint density at radius 2 is 1.30 bits per heavy atom. The van der Waals surface area contributed by atoms with Gasteiger partial charge in [0.15, 0.2) is 0 Å². The van der Waals surface area contributed by atoms with E-state index in [-0.39, 0.29) is 0 Å². The molecule has 0 radical (unpaired) electrons. The molecular formula is C15H29NaO4. The quantitative estimate of drug-likeness (QED) is 0.454. The predicted octanol–water partition coefficient (Wildman–Crippen LogP) is 3.05. The molecule has 2 N–H and O–H groups in total. The molecular weight excluding hydrogens is 267 g/mol. The Balaban J connectivity index is 0. The van der Waals surface area contributed by atoms with Crippen LogP contribution in [-0.4, -0.2) is 53.2 Å². The van der Waals surface area contributed by atoms with E-state index in [1.54, 1.807) is 0 Å². The second-order valence-electron chi connectivity index (χ2n) is 5.29. The Morgan fingerprint density at radius 1 is 0.950 bits per heavy atom. The van der Waals surface area contributed by atoms with Gasteiger partial charge in [-0.3, -0.25) is 0 Å². The van der Waals surface area contributed by atoms with Crippen molar-refractivity contribution in [1.82, 2.24) is 0 Å². The summed E-state index contributed by atoms with van der Waals surface area (Å²) in [4.78, 5) is 20.2. The summed E-state index contributed by atoms with van der Waals surface area (Å²) in [6.45, 7) is 3.45. The summed E-state index contributed by atoms with van der Waals surface area (Å²) in [5.74, 6) is -1.19. The van der Waals surface area contributed by atoms with Crippen LogP contribution in [0, 0.1) is 0 Å². The molecule has 20 heavy (non-hydrogen) atoms. The van der Waals surface area contributed by atoms with E-state index in [0.717, 1.165) is 40.8 Å². The molecule has 1 atom stereocenters. The number of rotatable bonds is 11. The van der Waals surface area contributed by atoms with Crippen LogP contribution in [0.2, 0.25) is 0 Å². The van der Waals surface area contributed by atoms with Crippen molar-refractivity contribution in [2.24, 2.45) is 0 Å². The molecule has 0 spiro atoms. The van der Waals surface area contributed by atoms with Crippen LogP contribution in [0.25, 0.3) is 0 Å². The van der Waals surface area contributed by atoms with Crippen LogP contribution >= 0.6 is 0 Å². The van der Waals surface area contributed by atoms with Crippen LogP contribution in [0.1, 0.15) is 78.1 Å². The summed E-state index contributed by atoms with van der Waals surface area (Å²) >= 11 is 0.751. The molecule has 0 aromatic rings. The van der Waals surface area contributed by atoms with Crippen molar-refractivity contribution in [3.8, 4) is 0 Å². The van der Waals surface area contributed by atoms with E-state index in [1.165, 1.54) is 58.3 Å². The molecule has 0 fully saturated rings. The van der Waals surface area contributed by atoms with Gasteiger partial charge < -0.3 is 10.2 Å². The first-order chi connectivity index (χ1) is 9.41. The van der Waals surface area contributed by atoms with Gasteiger partial charge in [-0.05, 0) is 6.92 Å². The number of aliphatic hydroxyl groups excluding tert-OH is 1. The third-order valence-electron chi connectivity index (χ3n) is 2.99. The molecule has 0 heterocycles. The van der Waals surface area contributed by atoms with Gasteiger partial charge in [0.2, 0.25) is 0 Å². The molecule has 5 heteroatoms. The fourth-order valence-corrected chi connectivity index (χ4v) is 2.04. The number of aliphatic carboxylic acids is 1. The number of hydrogen-bond acceptors (Lipinski definition) is 3. The molecule has 0 saturated heterocycles. The Bertz CT molecular complexity index is 242. The van der Waals surface area contributed by atoms with Crippen LogP contribution in [0.3, 0.4) is 0 Å². The Labute approximate surface area is 140 Å². The maximum absolute atomic E-state index is 10.7. The summed E-state index contributed by atoms with van der Waals surface area (Å²) in [5, 5.41) is 15.8. The number of carboxylic acids is 1. The van der Waals surface area contributed by atoms with Crippen molar-refractivity contribution in [2.45, 2.75) is 84.2 Å². The summed E-state index contributed by atoms with van der Waals surface area (Å²) in [6.07, 6.45) is 11.7. The van der Waals surface area contributed by atoms with Gasteiger partial charge in [0.05, 0.1) is 0 Å². The number of carbonyl (C=O) groups is 2. The Hall–Kier alpha value is 0.1000. The summed E-state index contributed by atoms with van der Waals surface area (Å²) in [7, 11) is 0. The van der Waals surface area contributed by atoms with Crippen molar-refractivity contribution in [1.29, 1.82) is 0 Å². The average molecular weight is 296 g/mol. The zero-order chi connectivity index (χ0) is 15.8. The number of hydrogen-bond donors (Lipinski definition) is 2. The van der Waals surface area contributed by atoms with Crippen molar-refractivity contribution in [2.75, 3.05) is 0 Å². The van der Waals surface area contributed by atoms with Gasteiger partial charge in [-0.25, -0.2) is 4.79 Å². The van der Waals surface area contributed by atoms with Crippen LogP contribution in [-0.2, 0) is 9.59 Å². The van der Waals surface area contributed by atoms with Crippen LogP contribution in [0.5, 0.6) is 0 Å². The molecule has 0 aliphatic carbocycles. The van der Waals surface area contributed by atoms with Crippen molar-refractivity contribution < 1.29 is 19.8 Å². The Morgan fingerprint density at radius 3 is 1.60 bits per heavy atom. The molecule has 1 unspecified atom stereocenters. The first-order valence-corrected chi connectivity index (χ1v) is 8.82. The van der Waals surface area contributed by atoms with E-state index in [1.807, 2.05) is 0 Å². The number of aliphatic hydroxyl groups is 1. The van der Waals surface area contributed by atoms with E-state index in [4.69, 9.17) is 10.2 Å². The Kier molecular flexibility index (Phi) is 19.2. The zero-order valence-electron chi connectivity index (χ0n) is 13.4. The topological polar surface area (TPSA) is 74.6 Å². The fourth-order valence-electron chi connectivity index (χ4n) is 1.68. The second-order valence-corrected chi connectivity index (χ2v) is 6.41. The average Bonchev–Trinajstić information content (AvgIpc) is 2.37. The normalized spacial score (nSPS) is 11.4. The van der Waals surface area contributed by atoms with Gasteiger partial charge in [0, 0.05) is 0 Å². The van der Waals surface area contributed by atoms with E-state index in [0.29, 0.717) is 3.03 Å². The molecule has 0 aliphatic heterocycles. The first kappa shape index (κ1) is 22.4. The summed E-state index contributed by atoms with van der Waals surface area (Å²) in [5.41, 5.74) is 0. The molecule has 114 valence electrons. The monoisotopic (exact) mass is 296 g/mol. The molecule has 0 aromatic heterocycles. The molecule has 0 bridgehead atoms. The standard InChI is InChI=1S/C12H23O.C3H6O3.Na/c1-2-3-4-5-6-7-8-9-10-11-12-13;1-2(4)3(5)6;/h2-11H2,1H3;2,4H,1H3,(H,5,6);. The molecule has 0 rings (SSSR count). The van der Waals surface area contributed by atoms with Crippen LogP contribution < -0.4 is 0 Å².